The quantitative estimate of drug-likeness (QED) is 0.437. The molecule has 2 rings (SSSR count). The molecule has 0 aliphatic rings. The molecule has 0 bridgehead atoms. The summed E-state index contributed by atoms with van der Waals surface area (Å²) in [6.45, 7) is 16.5. The molecule has 0 aliphatic carbocycles. The van der Waals surface area contributed by atoms with Crippen LogP contribution in [0.25, 0.3) is 0 Å². The number of rotatable bonds is 9. The van der Waals surface area contributed by atoms with Crippen molar-refractivity contribution in [3.63, 3.8) is 0 Å². The molecule has 2 amide bonds. The van der Waals surface area contributed by atoms with Crippen LogP contribution in [0.15, 0.2) is 48.5 Å². The summed E-state index contributed by atoms with van der Waals surface area (Å²) in [5.74, 6) is 0.192. The van der Waals surface area contributed by atoms with E-state index in [1.165, 1.54) is 0 Å². The van der Waals surface area contributed by atoms with Crippen molar-refractivity contribution >= 4 is 47.0 Å². The molecule has 0 radical (unpaired) electrons. The van der Waals surface area contributed by atoms with Crippen molar-refractivity contribution in [2.75, 3.05) is 0 Å². The first kappa shape index (κ1) is 26.7. The van der Waals surface area contributed by atoms with E-state index in [1.54, 1.807) is 0 Å². The van der Waals surface area contributed by atoms with E-state index in [2.05, 4.69) is 67.5 Å². The molecule has 0 saturated carbocycles. The predicted molar refractivity (Wildman–Crippen MR) is 137 cm³/mol. The third-order valence-corrected chi connectivity index (χ3v) is 12.4. The van der Waals surface area contributed by atoms with Crippen LogP contribution in [0.4, 0.5) is 0 Å². The molecule has 0 atom stereocenters. The molecule has 2 aromatic rings. The number of benzene rings is 2. The standard InChI is InChI=1S/C26H36N2O2Se2/c1-17(2)27(18(3)4)25(29)21-13-9-11-15-23(21)31-32-24-16-12-10-14-22(24)26(30)28(19(5)6)20(7)8/h9-20H,1-8H3. The maximum atomic E-state index is 13.4. The van der Waals surface area contributed by atoms with Crippen LogP contribution in [-0.2, 0) is 0 Å². The van der Waals surface area contributed by atoms with Gasteiger partial charge in [0.1, 0.15) is 0 Å². The second-order valence-electron chi connectivity index (χ2n) is 8.96. The molecule has 0 spiro atoms. The van der Waals surface area contributed by atoms with Crippen LogP contribution < -0.4 is 8.92 Å². The van der Waals surface area contributed by atoms with Gasteiger partial charge in [0, 0.05) is 0 Å². The SMILES string of the molecule is CC(C)N(C(=O)c1ccccc1[Se][Se]c1ccccc1C(=O)N(C(C)C)C(C)C)C(C)C. The van der Waals surface area contributed by atoms with Crippen LogP contribution in [0, 0.1) is 0 Å². The van der Waals surface area contributed by atoms with Gasteiger partial charge in [-0.05, 0) is 0 Å². The van der Waals surface area contributed by atoms with Gasteiger partial charge in [-0.2, -0.15) is 0 Å². The molecule has 4 nitrogen and oxygen atoms in total. The molecule has 2 aromatic carbocycles. The average molecular weight is 567 g/mol. The molecule has 0 saturated heterocycles. The number of nitrogens with zero attached hydrogens (tertiary/aromatic N) is 2. The van der Waals surface area contributed by atoms with Gasteiger partial charge in [0.25, 0.3) is 0 Å². The fourth-order valence-electron chi connectivity index (χ4n) is 3.93. The second-order valence-corrected chi connectivity index (χ2v) is 15.1. The van der Waals surface area contributed by atoms with Crippen LogP contribution in [-0.4, -0.2) is 72.0 Å². The number of hydrogen-bond donors (Lipinski definition) is 0. The molecule has 174 valence electrons. The monoisotopic (exact) mass is 568 g/mol. The Morgan fingerprint density at radius 1 is 0.562 bits per heavy atom. The first-order chi connectivity index (χ1) is 15.1. The van der Waals surface area contributed by atoms with Crippen LogP contribution in [0.3, 0.4) is 0 Å². The molecule has 6 heteroatoms. The Balaban J connectivity index is 2.32. The van der Waals surface area contributed by atoms with E-state index >= 15 is 0 Å². The van der Waals surface area contributed by atoms with E-state index in [0.29, 0.717) is 0 Å². The summed E-state index contributed by atoms with van der Waals surface area (Å²) in [6.07, 6.45) is 0. The van der Waals surface area contributed by atoms with Crippen molar-refractivity contribution in [2.45, 2.75) is 79.6 Å². The summed E-state index contributed by atoms with van der Waals surface area (Å²) in [6, 6.07) is 16.5. The van der Waals surface area contributed by atoms with Crippen molar-refractivity contribution in [2.24, 2.45) is 0 Å². The zero-order valence-corrected chi connectivity index (χ0v) is 23.9. The maximum absolute atomic E-state index is 13.4. The second kappa shape index (κ2) is 12.0. The zero-order valence-electron chi connectivity index (χ0n) is 20.5. The van der Waals surface area contributed by atoms with E-state index in [1.807, 2.05) is 46.2 Å². The third-order valence-electron chi connectivity index (χ3n) is 5.15. The molecule has 0 aliphatic heterocycles. The minimum atomic E-state index is 0.0930. The summed E-state index contributed by atoms with van der Waals surface area (Å²) in [4.78, 5) is 30.6. The van der Waals surface area contributed by atoms with Crippen LogP contribution >= 0.6 is 0 Å². The molecule has 0 unspecified atom stereocenters. The zero-order chi connectivity index (χ0) is 24.0. The first-order valence-corrected chi connectivity index (χ1v) is 17.3. The Bertz CT molecular complexity index is 834. The fourth-order valence-corrected chi connectivity index (χ4v) is 11.0. The summed E-state index contributed by atoms with van der Waals surface area (Å²) in [5, 5.41) is 0. The van der Waals surface area contributed by atoms with Crippen LogP contribution in [0.1, 0.15) is 76.1 Å². The van der Waals surface area contributed by atoms with Gasteiger partial charge in [0.2, 0.25) is 0 Å². The minimum absolute atomic E-state index is 0.0930. The predicted octanol–water partition coefficient (Wildman–Crippen LogP) is 3.48. The Labute approximate surface area is 205 Å². The molecule has 0 N–H and O–H groups in total. The van der Waals surface area contributed by atoms with Crippen molar-refractivity contribution < 1.29 is 9.59 Å². The van der Waals surface area contributed by atoms with Crippen molar-refractivity contribution in [3.05, 3.63) is 59.7 Å². The molecular weight excluding hydrogens is 530 g/mol. The summed E-state index contributed by atoms with van der Waals surface area (Å²) < 4.78 is 2.23. The Kier molecular flexibility index (Phi) is 10.0. The molecule has 32 heavy (non-hydrogen) atoms. The van der Waals surface area contributed by atoms with Crippen LogP contribution in [0.5, 0.6) is 0 Å². The first-order valence-electron chi connectivity index (χ1n) is 11.2. The van der Waals surface area contributed by atoms with E-state index in [4.69, 9.17) is 0 Å². The Morgan fingerprint density at radius 2 is 0.844 bits per heavy atom. The fraction of sp³-hybridized carbons (Fsp3) is 0.462. The van der Waals surface area contributed by atoms with Crippen molar-refractivity contribution in [1.82, 2.24) is 9.80 Å². The van der Waals surface area contributed by atoms with Gasteiger partial charge in [-0.15, -0.1) is 0 Å². The van der Waals surface area contributed by atoms with Crippen molar-refractivity contribution in [1.29, 1.82) is 0 Å². The van der Waals surface area contributed by atoms with Gasteiger partial charge in [0.15, 0.2) is 0 Å². The topological polar surface area (TPSA) is 40.6 Å². The number of amides is 2. The van der Waals surface area contributed by atoms with E-state index in [0.717, 1.165) is 20.1 Å². The normalized spacial score (nSPS) is 11.5. The van der Waals surface area contributed by atoms with Gasteiger partial charge in [-0.3, -0.25) is 0 Å². The Morgan fingerprint density at radius 3 is 1.12 bits per heavy atom. The van der Waals surface area contributed by atoms with Crippen LogP contribution in [0.2, 0.25) is 0 Å². The van der Waals surface area contributed by atoms with Gasteiger partial charge in [0.05, 0.1) is 0 Å². The third kappa shape index (κ3) is 6.48. The van der Waals surface area contributed by atoms with Gasteiger partial charge >= 0.3 is 206 Å². The molecule has 0 fully saturated rings. The van der Waals surface area contributed by atoms with Gasteiger partial charge < -0.3 is 0 Å². The van der Waals surface area contributed by atoms with E-state index in [9.17, 15) is 9.59 Å². The number of carbonyl (C=O) groups is 2. The van der Waals surface area contributed by atoms with Crippen molar-refractivity contribution in [3.8, 4) is 0 Å². The summed E-state index contributed by atoms with van der Waals surface area (Å²) in [7, 11) is 0. The molecule has 0 heterocycles. The van der Waals surface area contributed by atoms with Gasteiger partial charge in [-0.1, -0.05) is 0 Å². The average Bonchev–Trinajstić information content (AvgIpc) is 2.71. The number of hydrogen-bond acceptors (Lipinski definition) is 2. The molecular formula is C26H36N2O2Se2. The summed E-state index contributed by atoms with van der Waals surface area (Å²) in [5.41, 5.74) is 1.60. The Hall–Kier alpha value is -1.58. The van der Waals surface area contributed by atoms with E-state index in [-0.39, 0.29) is 62.2 Å². The molecule has 0 aromatic heterocycles. The van der Waals surface area contributed by atoms with E-state index < -0.39 is 0 Å². The number of carbonyl (C=O) groups excluding carboxylic acids is 2. The summed E-state index contributed by atoms with van der Waals surface area (Å²) >= 11 is 0.186. The van der Waals surface area contributed by atoms with Gasteiger partial charge in [-0.25, -0.2) is 0 Å².